The third-order valence-electron chi connectivity index (χ3n) is 5.89. The molecule has 2 aliphatic rings. The molecule has 2 fully saturated rings. The summed E-state index contributed by atoms with van der Waals surface area (Å²) < 4.78 is 45.2. The predicted molar refractivity (Wildman–Crippen MR) is 119 cm³/mol. The van der Waals surface area contributed by atoms with E-state index in [9.17, 15) is 13.2 Å². The first kappa shape index (κ1) is 24.0. The van der Waals surface area contributed by atoms with Crippen molar-refractivity contribution in [3.63, 3.8) is 0 Å². The van der Waals surface area contributed by atoms with Gasteiger partial charge in [0.25, 0.3) is 0 Å². The lowest BCUT2D eigenvalue weighted by atomic mass is 9.79. The van der Waals surface area contributed by atoms with Gasteiger partial charge in [0.2, 0.25) is 10.0 Å². The number of amides is 1. The van der Waals surface area contributed by atoms with E-state index in [1.165, 1.54) is 4.31 Å². The summed E-state index contributed by atoms with van der Waals surface area (Å²) in [7, 11) is -4.36. The minimum absolute atomic E-state index is 0.178. The minimum atomic E-state index is -3.72. The molecule has 2 saturated heterocycles. The van der Waals surface area contributed by atoms with Crippen LogP contribution in [0.2, 0.25) is 0 Å². The van der Waals surface area contributed by atoms with Crippen molar-refractivity contribution in [3.05, 3.63) is 24.3 Å². The topological polar surface area (TPSA) is 94.2 Å². The number of carbonyl (C=O) groups is 1. The Kier molecular flexibility index (Phi) is 6.25. The van der Waals surface area contributed by atoms with Crippen LogP contribution < -0.4 is 10.8 Å². The summed E-state index contributed by atoms with van der Waals surface area (Å²) in [6.07, 6.45) is -0.0189. The Morgan fingerprint density at radius 3 is 2.39 bits per heavy atom. The van der Waals surface area contributed by atoms with Gasteiger partial charge in [0.05, 0.1) is 16.1 Å². The number of rotatable bonds is 4. The zero-order valence-corrected chi connectivity index (χ0v) is 20.2. The van der Waals surface area contributed by atoms with E-state index >= 15 is 0 Å². The Morgan fingerprint density at radius 1 is 1.19 bits per heavy atom. The molecule has 8 nitrogen and oxygen atoms in total. The van der Waals surface area contributed by atoms with Crippen LogP contribution in [0.4, 0.5) is 4.79 Å². The van der Waals surface area contributed by atoms with Crippen LogP contribution in [-0.2, 0) is 24.1 Å². The molecule has 1 N–H and O–H groups in total. The highest BCUT2D eigenvalue weighted by molar-refractivity contribution is 7.89. The average Bonchev–Trinajstić information content (AvgIpc) is 3.16. The summed E-state index contributed by atoms with van der Waals surface area (Å²) in [4.78, 5) is 12.2. The van der Waals surface area contributed by atoms with Gasteiger partial charge < -0.3 is 19.4 Å². The van der Waals surface area contributed by atoms with Crippen LogP contribution in [-0.4, -0.2) is 61.9 Å². The number of ether oxygens (including phenoxy) is 1. The van der Waals surface area contributed by atoms with Crippen LogP contribution in [0.3, 0.4) is 0 Å². The molecule has 0 radical (unpaired) electrons. The first-order valence-corrected chi connectivity index (χ1v) is 12.0. The van der Waals surface area contributed by atoms with E-state index < -0.39 is 40.0 Å². The van der Waals surface area contributed by atoms with Crippen molar-refractivity contribution >= 4 is 28.7 Å². The molecular formula is C21H33BN2O6S. The SMILES string of the molecule is CC(C)(C)OC(=O)NC1CCN(S(=O)(=O)c2cccc(B3OC(C)(C)C(C)(C)O3)c2)C1. The highest BCUT2D eigenvalue weighted by atomic mass is 32.2. The summed E-state index contributed by atoms with van der Waals surface area (Å²) in [5.41, 5.74) is -0.977. The van der Waals surface area contributed by atoms with E-state index in [2.05, 4.69) is 5.32 Å². The second kappa shape index (κ2) is 8.06. The third-order valence-corrected chi connectivity index (χ3v) is 7.75. The van der Waals surface area contributed by atoms with Gasteiger partial charge in [-0.1, -0.05) is 12.1 Å². The fourth-order valence-corrected chi connectivity index (χ4v) is 5.04. The van der Waals surface area contributed by atoms with E-state index in [4.69, 9.17) is 14.0 Å². The van der Waals surface area contributed by atoms with Crippen molar-refractivity contribution in [2.45, 2.75) is 82.6 Å². The Balaban J connectivity index is 1.71. The molecule has 2 heterocycles. The first-order chi connectivity index (χ1) is 14.1. The average molecular weight is 452 g/mol. The summed E-state index contributed by atoms with van der Waals surface area (Å²) in [5.74, 6) is 0. The maximum absolute atomic E-state index is 13.2. The molecule has 1 unspecified atom stereocenters. The fourth-order valence-electron chi connectivity index (χ4n) is 3.49. The van der Waals surface area contributed by atoms with Crippen molar-refractivity contribution in [1.29, 1.82) is 0 Å². The van der Waals surface area contributed by atoms with Gasteiger partial charge in [-0.3, -0.25) is 0 Å². The number of carbonyl (C=O) groups excluding carboxylic acids is 1. The second-order valence-electron chi connectivity index (χ2n) is 10.2. The van der Waals surface area contributed by atoms with Gasteiger partial charge in [0.15, 0.2) is 0 Å². The van der Waals surface area contributed by atoms with Crippen molar-refractivity contribution in [3.8, 4) is 0 Å². The molecule has 3 rings (SSSR count). The molecule has 10 heteroatoms. The molecular weight excluding hydrogens is 419 g/mol. The number of hydrogen-bond donors (Lipinski definition) is 1. The summed E-state index contributed by atoms with van der Waals surface area (Å²) in [6.45, 7) is 13.7. The molecule has 31 heavy (non-hydrogen) atoms. The first-order valence-electron chi connectivity index (χ1n) is 10.6. The number of nitrogens with zero attached hydrogens (tertiary/aromatic N) is 1. The number of hydrogen-bond acceptors (Lipinski definition) is 6. The minimum Gasteiger partial charge on any atom is -0.444 e. The van der Waals surface area contributed by atoms with Gasteiger partial charge in [-0.2, -0.15) is 4.31 Å². The molecule has 0 aromatic heterocycles. The predicted octanol–water partition coefficient (Wildman–Crippen LogP) is 2.27. The van der Waals surface area contributed by atoms with Crippen molar-refractivity contribution < 1.29 is 27.3 Å². The largest absolute Gasteiger partial charge is 0.494 e. The second-order valence-corrected chi connectivity index (χ2v) is 12.1. The lowest BCUT2D eigenvalue weighted by Gasteiger charge is -2.32. The van der Waals surface area contributed by atoms with Crippen LogP contribution in [0.25, 0.3) is 0 Å². The van der Waals surface area contributed by atoms with Crippen LogP contribution in [0.5, 0.6) is 0 Å². The molecule has 1 amide bonds. The van der Waals surface area contributed by atoms with Crippen LogP contribution >= 0.6 is 0 Å². The van der Waals surface area contributed by atoms with E-state index in [1.807, 2.05) is 27.7 Å². The fraction of sp³-hybridized carbons (Fsp3) is 0.667. The molecule has 0 bridgehead atoms. The highest BCUT2D eigenvalue weighted by Crippen LogP contribution is 2.36. The van der Waals surface area contributed by atoms with Gasteiger partial charge in [-0.15, -0.1) is 0 Å². The van der Waals surface area contributed by atoms with Crippen LogP contribution in [0.15, 0.2) is 29.2 Å². The maximum Gasteiger partial charge on any atom is 0.494 e. The summed E-state index contributed by atoms with van der Waals surface area (Å²) >= 11 is 0. The molecule has 0 saturated carbocycles. The van der Waals surface area contributed by atoms with Gasteiger partial charge >= 0.3 is 13.2 Å². The molecule has 172 valence electrons. The standard InChI is InChI=1S/C21H33BN2O6S/c1-19(2,3)28-18(25)23-16-11-12-24(14-16)31(26,27)17-10-8-9-15(13-17)22-29-20(4,5)21(6,7)30-22/h8-10,13,16H,11-12,14H2,1-7H3,(H,23,25). The molecule has 1 aromatic carbocycles. The Morgan fingerprint density at radius 2 is 1.81 bits per heavy atom. The lowest BCUT2D eigenvalue weighted by molar-refractivity contribution is 0.00578. The van der Waals surface area contributed by atoms with Crippen LogP contribution in [0, 0.1) is 0 Å². The monoisotopic (exact) mass is 452 g/mol. The van der Waals surface area contributed by atoms with Gasteiger partial charge in [0.1, 0.15) is 5.60 Å². The van der Waals surface area contributed by atoms with Crippen molar-refractivity contribution in [1.82, 2.24) is 9.62 Å². The van der Waals surface area contributed by atoms with Crippen molar-refractivity contribution in [2.24, 2.45) is 0 Å². The zero-order valence-electron chi connectivity index (χ0n) is 19.4. The van der Waals surface area contributed by atoms with Gasteiger partial charge in [0, 0.05) is 19.1 Å². The van der Waals surface area contributed by atoms with E-state index in [-0.39, 0.29) is 17.5 Å². The van der Waals surface area contributed by atoms with Crippen LogP contribution in [0.1, 0.15) is 54.9 Å². The highest BCUT2D eigenvalue weighted by Gasteiger charge is 2.51. The molecule has 1 atom stereocenters. The maximum atomic E-state index is 13.2. The Labute approximate surface area is 185 Å². The molecule has 0 spiro atoms. The number of alkyl carbamates (subject to hydrolysis) is 1. The molecule has 2 aliphatic heterocycles. The Bertz CT molecular complexity index is 925. The normalized spacial score (nSPS) is 23.7. The summed E-state index contributed by atoms with van der Waals surface area (Å²) in [6, 6.07) is 6.37. The Hall–Kier alpha value is -1.62. The van der Waals surface area contributed by atoms with Gasteiger partial charge in [-0.25, -0.2) is 13.2 Å². The quantitative estimate of drug-likeness (QED) is 0.705. The zero-order chi connectivity index (χ0) is 23.2. The molecule has 0 aliphatic carbocycles. The van der Waals surface area contributed by atoms with Gasteiger partial charge in [-0.05, 0) is 72.5 Å². The number of sulfonamides is 1. The molecule has 1 aromatic rings. The van der Waals surface area contributed by atoms with Crippen molar-refractivity contribution in [2.75, 3.05) is 13.1 Å². The van der Waals surface area contributed by atoms with E-state index in [0.717, 1.165) is 0 Å². The van der Waals surface area contributed by atoms with E-state index in [0.29, 0.717) is 18.4 Å². The summed E-state index contributed by atoms with van der Waals surface area (Å²) in [5, 5.41) is 2.76. The number of benzene rings is 1. The number of nitrogens with one attached hydrogen (secondary N) is 1. The third kappa shape index (κ3) is 5.24. The van der Waals surface area contributed by atoms with E-state index in [1.54, 1.807) is 45.0 Å². The smallest absolute Gasteiger partial charge is 0.444 e. The lowest BCUT2D eigenvalue weighted by Crippen LogP contribution is -2.41.